The van der Waals surface area contributed by atoms with E-state index in [1.807, 2.05) is 4.90 Å². The maximum absolute atomic E-state index is 11.8. The van der Waals surface area contributed by atoms with Crippen LogP contribution in [0.5, 0.6) is 0 Å². The number of aromatic nitrogens is 4. The molecule has 0 spiro atoms. The molecule has 1 aromatic heterocycles. The monoisotopic (exact) mass is 354 g/mol. The van der Waals surface area contributed by atoms with Crippen molar-refractivity contribution in [1.82, 2.24) is 36.4 Å². The van der Waals surface area contributed by atoms with Crippen molar-refractivity contribution < 1.29 is 14.3 Å². The number of hydrazine groups is 1. The molecule has 0 radical (unpaired) electrons. The number of hydrogen-bond donors (Lipinski definition) is 3. The summed E-state index contributed by atoms with van der Waals surface area (Å²) in [6, 6.07) is 0. The summed E-state index contributed by atoms with van der Waals surface area (Å²) in [6.07, 6.45) is 1.76. The quantitative estimate of drug-likeness (QED) is 0.413. The molecule has 0 unspecified atom stereocenters. The molecule has 3 N–H and O–H groups in total. The second-order valence-corrected chi connectivity index (χ2v) is 5.89. The van der Waals surface area contributed by atoms with Crippen LogP contribution in [0.2, 0.25) is 0 Å². The number of anilines is 1. The molecule has 2 fully saturated rings. The fourth-order valence-electron chi connectivity index (χ4n) is 2.08. The van der Waals surface area contributed by atoms with Crippen LogP contribution in [0.15, 0.2) is 0 Å². The van der Waals surface area contributed by atoms with Gasteiger partial charge in [-0.2, -0.15) is 4.80 Å². The molecule has 0 aromatic carbocycles. The van der Waals surface area contributed by atoms with Gasteiger partial charge in [-0.3, -0.25) is 20.4 Å². The number of tetrazole rings is 1. The van der Waals surface area contributed by atoms with E-state index in [4.69, 9.17) is 17.0 Å². The lowest BCUT2D eigenvalue weighted by molar-refractivity contribution is -0.123. The lowest BCUT2D eigenvalue weighted by Crippen LogP contribution is -2.49. The molecule has 12 heteroatoms. The Kier molecular flexibility index (Phi) is 5.15. The third kappa shape index (κ3) is 4.58. The van der Waals surface area contributed by atoms with Gasteiger partial charge in [0.1, 0.15) is 6.54 Å². The predicted molar refractivity (Wildman–Crippen MR) is 85.6 cm³/mol. The highest BCUT2D eigenvalue weighted by Crippen LogP contribution is 2.28. The SMILES string of the molecule is O=C(Cn1nnc(N2CCOCC2)n1)NNC(=S)NC(=O)C1CC1. The second kappa shape index (κ2) is 7.49. The molecule has 130 valence electrons. The van der Waals surface area contributed by atoms with Gasteiger partial charge in [-0.15, -0.1) is 5.10 Å². The summed E-state index contributed by atoms with van der Waals surface area (Å²) in [5, 5.41) is 14.5. The van der Waals surface area contributed by atoms with E-state index in [9.17, 15) is 9.59 Å². The van der Waals surface area contributed by atoms with Crippen LogP contribution in [0.1, 0.15) is 12.8 Å². The van der Waals surface area contributed by atoms with Gasteiger partial charge in [0.05, 0.1) is 13.2 Å². The van der Waals surface area contributed by atoms with Gasteiger partial charge in [0.2, 0.25) is 5.91 Å². The molecule has 24 heavy (non-hydrogen) atoms. The zero-order valence-corrected chi connectivity index (χ0v) is 13.7. The van der Waals surface area contributed by atoms with E-state index in [1.165, 1.54) is 4.80 Å². The smallest absolute Gasteiger partial charge is 0.266 e. The van der Waals surface area contributed by atoms with Crippen LogP contribution in [0.3, 0.4) is 0 Å². The van der Waals surface area contributed by atoms with Gasteiger partial charge in [0, 0.05) is 19.0 Å². The van der Waals surface area contributed by atoms with Crippen molar-refractivity contribution >= 4 is 35.1 Å². The lowest BCUT2D eigenvalue weighted by atomic mass is 10.4. The van der Waals surface area contributed by atoms with Crippen LogP contribution in [0.4, 0.5) is 5.95 Å². The summed E-state index contributed by atoms with van der Waals surface area (Å²) in [5.41, 5.74) is 4.85. The second-order valence-electron chi connectivity index (χ2n) is 5.49. The molecular formula is C12H18N8O3S. The first-order valence-corrected chi connectivity index (χ1v) is 8.03. The van der Waals surface area contributed by atoms with Crippen LogP contribution in [-0.4, -0.2) is 63.4 Å². The first-order chi connectivity index (χ1) is 11.6. The highest BCUT2D eigenvalue weighted by molar-refractivity contribution is 7.80. The molecule has 1 saturated carbocycles. The average molecular weight is 354 g/mol. The third-order valence-corrected chi connectivity index (χ3v) is 3.73. The molecule has 2 amide bonds. The van der Waals surface area contributed by atoms with E-state index in [0.717, 1.165) is 12.8 Å². The topological polar surface area (TPSA) is 126 Å². The van der Waals surface area contributed by atoms with E-state index in [0.29, 0.717) is 32.3 Å². The van der Waals surface area contributed by atoms with Gasteiger partial charge >= 0.3 is 0 Å². The number of thiocarbonyl (C=S) groups is 1. The van der Waals surface area contributed by atoms with Crippen LogP contribution < -0.4 is 21.1 Å². The number of ether oxygens (including phenoxy) is 1. The summed E-state index contributed by atoms with van der Waals surface area (Å²) in [6.45, 7) is 2.48. The van der Waals surface area contributed by atoms with Crippen molar-refractivity contribution in [2.75, 3.05) is 31.2 Å². The fourth-order valence-corrected chi connectivity index (χ4v) is 2.23. The molecule has 0 bridgehead atoms. The first-order valence-electron chi connectivity index (χ1n) is 7.62. The first kappa shape index (κ1) is 16.5. The van der Waals surface area contributed by atoms with Crippen LogP contribution >= 0.6 is 12.2 Å². The average Bonchev–Trinajstić information content (AvgIpc) is 3.34. The van der Waals surface area contributed by atoms with E-state index >= 15 is 0 Å². The highest BCUT2D eigenvalue weighted by Gasteiger charge is 2.30. The minimum Gasteiger partial charge on any atom is -0.378 e. The largest absolute Gasteiger partial charge is 0.378 e. The molecule has 1 aliphatic carbocycles. The third-order valence-electron chi connectivity index (χ3n) is 3.52. The van der Waals surface area contributed by atoms with Gasteiger partial charge in [-0.05, 0) is 30.3 Å². The molecule has 2 aliphatic rings. The van der Waals surface area contributed by atoms with Crippen molar-refractivity contribution in [3.05, 3.63) is 0 Å². The molecule has 11 nitrogen and oxygen atoms in total. The number of hydrogen-bond acceptors (Lipinski definition) is 8. The Morgan fingerprint density at radius 1 is 1.25 bits per heavy atom. The minimum atomic E-state index is -0.413. The van der Waals surface area contributed by atoms with Gasteiger partial charge in [0.25, 0.3) is 11.9 Å². The molecule has 1 aliphatic heterocycles. The Hall–Kier alpha value is -2.34. The van der Waals surface area contributed by atoms with Crippen molar-refractivity contribution in [2.45, 2.75) is 19.4 Å². The molecule has 3 rings (SSSR count). The van der Waals surface area contributed by atoms with E-state index in [-0.39, 0.29) is 23.5 Å². The highest BCUT2D eigenvalue weighted by atomic mass is 32.1. The number of carbonyl (C=O) groups is 2. The lowest BCUT2D eigenvalue weighted by Gasteiger charge is -2.24. The number of carbonyl (C=O) groups excluding carboxylic acids is 2. The number of nitrogens with one attached hydrogen (secondary N) is 3. The van der Waals surface area contributed by atoms with Crippen molar-refractivity contribution in [3.63, 3.8) is 0 Å². The zero-order valence-electron chi connectivity index (χ0n) is 12.9. The summed E-state index contributed by atoms with van der Waals surface area (Å²) >= 11 is 4.92. The molecular weight excluding hydrogens is 336 g/mol. The Morgan fingerprint density at radius 3 is 2.71 bits per heavy atom. The number of rotatable bonds is 4. The Labute approximate surface area is 143 Å². The molecule has 2 heterocycles. The van der Waals surface area contributed by atoms with E-state index < -0.39 is 5.91 Å². The van der Waals surface area contributed by atoms with Crippen LogP contribution in [0, 0.1) is 5.92 Å². The summed E-state index contributed by atoms with van der Waals surface area (Å²) in [4.78, 5) is 26.5. The van der Waals surface area contributed by atoms with Crippen LogP contribution in [0.25, 0.3) is 0 Å². The maximum Gasteiger partial charge on any atom is 0.266 e. The standard InChI is InChI=1S/C12H18N8O3S/c21-9(14-16-12(24)13-10(22)8-1-2-8)7-20-17-11(15-18-20)19-3-5-23-6-4-19/h8H,1-7H2,(H,14,21)(H2,13,16,22,24). The van der Waals surface area contributed by atoms with Crippen molar-refractivity contribution in [2.24, 2.45) is 5.92 Å². The minimum absolute atomic E-state index is 0.0402. The summed E-state index contributed by atoms with van der Waals surface area (Å²) < 4.78 is 5.25. The predicted octanol–water partition coefficient (Wildman–Crippen LogP) is -2.06. The van der Waals surface area contributed by atoms with Gasteiger partial charge < -0.3 is 15.0 Å². The van der Waals surface area contributed by atoms with E-state index in [1.54, 1.807) is 0 Å². The Balaban J connectivity index is 1.40. The number of morpholine rings is 1. The normalized spacial score (nSPS) is 17.2. The Bertz CT molecular complexity index is 626. The van der Waals surface area contributed by atoms with E-state index in [2.05, 4.69) is 31.6 Å². The van der Waals surface area contributed by atoms with Gasteiger partial charge in [0.15, 0.2) is 5.11 Å². The molecule has 1 saturated heterocycles. The number of nitrogens with zero attached hydrogens (tertiary/aromatic N) is 5. The summed E-state index contributed by atoms with van der Waals surface area (Å²) in [7, 11) is 0. The maximum atomic E-state index is 11.8. The van der Waals surface area contributed by atoms with Crippen molar-refractivity contribution in [1.29, 1.82) is 0 Å². The Morgan fingerprint density at radius 2 is 2.00 bits per heavy atom. The molecule has 0 atom stereocenters. The van der Waals surface area contributed by atoms with Gasteiger partial charge in [-0.1, -0.05) is 5.10 Å². The molecule has 1 aromatic rings. The zero-order chi connectivity index (χ0) is 16.9. The van der Waals surface area contributed by atoms with Crippen molar-refractivity contribution in [3.8, 4) is 0 Å². The fraction of sp³-hybridized carbons (Fsp3) is 0.667. The van der Waals surface area contributed by atoms with Crippen LogP contribution in [-0.2, 0) is 20.9 Å². The summed E-state index contributed by atoms with van der Waals surface area (Å²) in [5.74, 6) is -0.0384. The number of amides is 2. The van der Waals surface area contributed by atoms with Gasteiger partial charge in [-0.25, -0.2) is 0 Å².